The molecule has 0 saturated carbocycles. The van der Waals surface area contributed by atoms with Crippen molar-refractivity contribution in [1.82, 2.24) is 10.6 Å². The van der Waals surface area contributed by atoms with Gasteiger partial charge in [0.25, 0.3) is 0 Å². The van der Waals surface area contributed by atoms with Crippen molar-refractivity contribution in [2.45, 2.75) is 26.4 Å². The molecule has 1 aromatic rings. The highest BCUT2D eigenvalue weighted by Crippen LogP contribution is 1.99. The Balaban J connectivity index is 2.37. The maximum atomic E-state index is 11.5. The second-order valence-corrected chi connectivity index (χ2v) is 4.15. The minimum atomic E-state index is -0.564. The molecule has 4 nitrogen and oxygen atoms in total. The first-order valence-electron chi connectivity index (χ1n) is 5.59. The summed E-state index contributed by atoms with van der Waals surface area (Å²) < 4.78 is 0. The Kier molecular flexibility index (Phi) is 5.20. The molecule has 1 rings (SSSR count). The zero-order valence-corrected chi connectivity index (χ0v) is 10.1. The number of amides is 2. The average molecular weight is 233 g/mol. The van der Waals surface area contributed by atoms with Crippen molar-refractivity contribution >= 4 is 12.3 Å². The fourth-order valence-corrected chi connectivity index (χ4v) is 1.30. The molecule has 1 radical (unpaired) electrons. The highest BCUT2D eigenvalue weighted by molar-refractivity contribution is 5.78. The average Bonchev–Trinajstić information content (AvgIpc) is 2.34. The van der Waals surface area contributed by atoms with Gasteiger partial charge in [0, 0.05) is 6.54 Å². The van der Waals surface area contributed by atoms with Crippen LogP contribution >= 0.6 is 0 Å². The summed E-state index contributed by atoms with van der Waals surface area (Å²) in [6.45, 7) is 4.15. The zero-order chi connectivity index (χ0) is 12.7. The van der Waals surface area contributed by atoms with E-state index in [1.807, 2.05) is 50.5 Å². The van der Waals surface area contributed by atoms with E-state index in [0.717, 1.165) is 5.56 Å². The second kappa shape index (κ2) is 6.68. The Bertz CT molecular complexity index is 363. The third kappa shape index (κ3) is 4.68. The summed E-state index contributed by atoms with van der Waals surface area (Å²) in [6.07, 6.45) is 1.81. The maximum absolute atomic E-state index is 11.5. The van der Waals surface area contributed by atoms with Crippen molar-refractivity contribution in [3.63, 3.8) is 0 Å². The smallest absolute Gasteiger partial charge is 0.315 e. The van der Waals surface area contributed by atoms with Crippen LogP contribution in [0.3, 0.4) is 0 Å². The Morgan fingerprint density at radius 3 is 2.47 bits per heavy atom. The van der Waals surface area contributed by atoms with Gasteiger partial charge in [-0.3, -0.25) is 4.79 Å². The quantitative estimate of drug-likeness (QED) is 0.812. The van der Waals surface area contributed by atoms with Gasteiger partial charge < -0.3 is 10.6 Å². The van der Waals surface area contributed by atoms with Crippen LogP contribution in [0.1, 0.15) is 19.4 Å². The lowest BCUT2D eigenvalue weighted by molar-refractivity contribution is 0.236. The normalized spacial score (nSPS) is 11.9. The summed E-state index contributed by atoms with van der Waals surface area (Å²) in [5, 5.41) is 5.25. The number of nitrogens with one attached hydrogen (secondary N) is 2. The van der Waals surface area contributed by atoms with E-state index >= 15 is 0 Å². The molecule has 0 aliphatic heterocycles. The molecule has 91 valence electrons. The van der Waals surface area contributed by atoms with Crippen LogP contribution in [0.4, 0.5) is 4.79 Å². The topological polar surface area (TPSA) is 58.2 Å². The number of hydrogen-bond acceptors (Lipinski definition) is 2. The molecular formula is C13H17N2O2. The lowest BCUT2D eigenvalue weighted by Gasteiger charge is -2.15. The van der Waals surface area contributed by atoms with Crippen molar-refractivity contribution in [1.29, 1.82) is 0 Å². The summed E-state index contributed by atoms with van der Waals surface area (Å²) >= 11 is 0. The first-order valence-corrected chi connectivity index (χ1v) is 5.59. The van der Waals surface area contributed by atoms with Gasteiger partial charge in [-0.15, -0.1) is 0 Å². The highest BCUT2D eigenvalue weighted by Gasteiger charge is 2.15. The molecule has 0 fully saturated rings. The summed E-state index contributed by atoms with van der Waals surface area (Å²) in [6, 6.07) is 8.66. The fraction of sp³-hybridized carbons (Fsp3) is 0.385. The predicted octanol–water partition coefficient (Wildman–Crippen LogP) is 1.62. The van der Waals surface area contributed by atoms with Crippen molar-refractivity contribution in [3.05, 3.63) is 35.9 Å². The Labute approximate surface area is 101 Å². The van der Waals surface area contributed by atoms with Crippen LogP contribution in [0.15, 0.2) is 30.3 Å². The standard InChI is InChI=1S/C13H17N2O2/c1-10(2)12(9-16)15-13(17)14-8-11-6-4-3-5-7-11/h3-7,10,12H,8H2,1-2H3,(H2,14,15,17)/t12-/m0/s1. The molecule has 2 amide bonds. The van der Waals surface area contributed by atoms with Crippen LogP contribution in [0.25, 0.3) is 0 Å². The van der Waals surface area contributed by atoms with E-state index in [4.69, 9.17) is 0 Å². The predicted molar refractivity (Wildman–Crippen MR) is 66.1 cm³/mol. The highest BCUT2D eigenvalue weighted by atomic mass is 16.2. The zero-order valence-electron chi connectivity index (χ0n) is 10.1. The van der Waals surface area contributed by atoms with Crippen LogP contribution in [0.5, 0.6) is 0 Å². The lowest BCUT2D eigenvalue weighted by Crippen LogP contribution is -2.45. The van der Waals surface area contributed by atoms with Crippen LogP contribution in [0, 0.1) is 5.92 Å². The molecule has 1 atom stereocenters. The van der Waals surface area contributed by atoms with Gasteiger partial charge in [-0.2, -0.15) is 0 Å². The summed E-state index contributed by atoms with van der Waals surface area (Å²) in [4.78, 5) is 22.1. The van der Waals surface area contributed by atoms with Crippen LogP contribution in [-0.2, 0) is 11.3 Å². The molecule has 0 spiro atoms. The first kappa shape index (κ1) is 13.2. The molecule has 1 aromatic carbocycles. The maximum Gasteiger partial charge on any atom is 0.315 e. The molecular weight excluding hydrogens is 216 g/mol. The number of carbonyl (C=O) groups is 1. The van der Waals surface area contributed by atoms with Gasteiger partial charge in [-0.1, -0.05) is 44.2 Å². The summed E-state index contributed by atoms with van der Waals surface area (Å²) in [7, 11) is 0. The molecule has 4 heteroatoms. The van der Waals surface area contributed by atoms with Gasteiger partial charge in [-0.05, 0) is 11.5 Å². The molecule has 2 N–H and O–H groups in total. The van der Waals surface area contributed by atoms with Crippen LogP contribution in [0.2, 0.25) is 0 Å². The molecule has 0 aliphatic rings. The first-order chi connectivity index (χ1) is 8.13. The molecule has 0 bridgehead atoms. The van der Waals surface area contributed by atoms with Gasteiger partial charge in [0.15, 0.2) is 0 Å². The van der Waals surface area contributed by atoms with E-state index in [2.05, 4.69) is 10.6 Å². The number of hydrogen-bond donors (Lipinski definition) is 2. The number of carbonyl (C=O) groups excluding carboxylic acids is 2. The SMILES string of the molecule is CC(C)[C@H]([C]=O)NC(=O)NCc1ccccc1. The summed E-state index contributed by atoms with van der Waals surface area (Å²) in [5.41, 5.74) is 1.01. The molecule has 0 aromatic heterocycles. The largest absolute Gasteiger partial charge is 0.334 e. The van der Waals surface area contributed by atoms with Crippen molar-refractivity contribution in [3.8, 4) is 0 Å². The van der Waals surface area contributed by atoms with Crippen LogP contribution < -0.4 is 10.6 Å². The van der Waals surface area contributed by atoms with Gasteiger partial charge in [0.05, 0.1) is 6.04 Å². The lowest BCUT2D eigenvalue weighted by atomic mass is 10.1. The molecule has 17 heavy (non-hydrogen) atoms. The number of rotatable bonds is 5. The molecule has 0 heterocycles. The van der Waals surface area contributed by atoms with Gasteiger partial charge >= 0.3 is 6.03 Å². The second-order valence-electron chi connectivity index (χ2n) is 4.15. The third-order valence-electron chi connectivity index (χ3n) is 2.38. The number of benzene rings is 1. The third-order valence-corrected chi connectivity index (χ3v) is 2.38. The van der Waals surface area contributed by atoms with Crippen molar-refractivity contribution in [2.24, 2.45) is 5.92 Å². The van der Waals surface area contributed by atoms with Crippen molar-refractivity contribution in [2.75, 3.05) is 0 Å². The Morgan fingerprint density at radius 2 is 1.94 bits per heavy atom. The van der Waals surface area contributed by atoms with E-state index in [9.17, 15) is 9.59 Å². The van der Waals surface area contributed by atoms with E-state index in [1.54, 1.807) is 0 Å². The Morgan fingerprint density at radius 1 is 1.29 bits per heavy atom. The monoisotopic (exact) mass is 233 g/mol. The minimum absolute atomic E-state index is 0.0370. The fourth-order valence-electron chi connectivity index (χ4n) is 1.30. The van der Waals surface area contributed by atoms with E-state index < -0.39 is 6.04 Å². The number of urea groups is 1. The van der Waals surface area contributed by atoms with Gasteiger partial charge in [-0.25, -0.2) is 4.79 Å². The van der Waals surface area contributed by atoms with Gasteiger partial charge in [0.1, 0.15) is 0 Å². The summed E-state index contributed by atoms with van der Waals surface area (Å²) in [5.74, 6) is 0.0370. The Hall–Kier alpha value is -1.84. The molecule has 0 saturated heterocycles. The van der Waals surface area contributed by atoms with Gasteiger partial charge in [0.2, 0.25) is 6.29 Å². The molecule has 0 aliphatic carbocycles. The van der Waals surface area contributed by atoms with E-state index in [1.165, 1.54) is 0 Å². The van der Waals surface area contributed by atoms with E-state index in [-0.39, 0.29) is 11.9 Å². The van der Waals surface area contributed by atoms with E-state index in [0.29, 0.717) is 6.54 Å². The minimum Gasteiger partial charge on any atom is -0.334 e. The van der Waals surface area contributed by atoms with Crippen molar-refractivity contribution < 1.29 is 9.59 Å². The molecule has 0 unspecified atom stereocenters. The van der Waals surface area contributed by atoms with Crippen LogP contribution in [-0.4, -0.2) is 18.4 Å².